The van der Waals surface area contributed by atoms with Crippen LogP contribution in [0.3, 0.4) is 0 Å². The van der Waals surface area contributed by atoms with Crippen LogP contribution in [0.2, 0.25) is 5.02 Å². The van der Waals surface area contributed by atoms with Gasteiger partial charge in [0.2, 0.25) is 17.7 Å². The molecule has 1 unspecified atom stereocenters. The van der Waals surface area contributed by atoms with Gasteiger partial charge in [0.1, 0.15) is 11.9 Å². The smallest absolute Gasteiger partial charge is 0.242 e. The van der Waals surface area contributed by atoms with Gasteiger partial charge in [0.15, 0.2) is 0 Å². The lowest BCUT2D eigenvalue weighted by Crippen LogP contribution is -2.55. The third-order valence-corrected chi connectivity index (χ3v) is 9.74. The fraction of sp³-hybridized carbons (Fsp3) is 0.529. The lowest BCUT2D eigenvalue weighted by atomic mass is 9.78. The Bertz CT molecular complexity index is 1520. The van der Waals surface area contributed by atoms with Crippen LogP contribution in [-0.2, 0) is 24.5 Å². The Morgan fingerprint density at radius 1 is 1.07 bits per heavy atom. The summed E-state index contributed by atoms with van der Waals surface area (Å²) in [5, 5.41) is 9.78. The van der Waals surface area contributed by atoms with E-state index in [1.54, 1.807) is 0 Å². The number of fused-ring (bicyclic) bond motifs is 1. The van der Waals surface area contributed by atoms with E-state index in [0.29, 0.717) is 36.8 Å². The minimum atomic E-state index is -0.948. The van der Waals surface area contributed by atoms with Crippen molar-refractivity contribution in [2.45, 2.75) is 83.7 Å². The molecular formula is C34H44ClN5O4. The van der Waals surface area contributed by atoms with Crippen LogP contribution >= 0.6 is 11.6 Å². The van der Waals surface area contributed by atoms with Gasteiger partial charge < -0.3 is 25.7 Å². The number of rotatable bonds is 12. The van der Waals surface area contributed by atoms with Crippen molar-refractivity contribution < 1.29 is 19.1 Å². The first-order valence-corrected chi connectivity index (χ1v) is 16.1. The van der Waals surface area contributed by atoms with Crippen LogP contribution in [0.4, 0.5) is 0 Å². The van der Waals surface area contributed by atoms with Gasteiger partial charge in [-0.3, -0.25) is 14.4 Å². The molecule has 4 N–H and O–H groups in total. The number of carbonyl (C=O) groups excluding carboxylic acids is 3. The predicted octanol–water partition coefficient (Wildman–Crippen LogP) is 5.30. The molecule has 1 saturated carbocycles. The minimum absolute atomic E-state index is 0.0405. The summed E-state index contributed by atoms with van der Waals surface area (Å²) in [5.74, 6) is -0.0208. The van der Waals surface area contributed by atoms with E-state index in [1.165, 1.54) is 0 Å². The van der Waals surface area contributed by atoms with Crippen LogP contribution in [0.1, 0.15) is 89.2 Å². The Balaban J connectivity index is 1.53. The molecular weight excluding hydrogens is 578 g/mol. The van der Waals surface area contributed by atoms with Crippen LogP contribution in [-0.4, -0.2) is 53.5 Å². The molecule has 2 aromatic carbocycles. The van der Waals surface area contributed by atoms with E-state index < -0.39 is 17.5 Å². The molecule has 4 atom stereocenters. The van der Waals surface area contributed by atoms with Crippen LogP contribution in [0.5, 0.6) is 0 Å². The van der Waals surface area contributed by atoms with Crippen molar-refractivity contribution in [1.29, 1.82) is 0 Å². The molecule has 0 radical (unpaired) electrons. The SMILES string of the molecule is CCNC(=O)[C@H](NC(=O)C1(c2ccc3nc([C@@H](NC(=O)CC)[C@H](c4ccccc4Cl)C4(C)CC4)[nH]c3c2)CCOC1)C(C)C. The minimum Gasteiger partial charge on any atom is -0.380 e. The number of hydrogen-bond donors (Lipinski definition) is 4. The average molecular weight is 622 g/mol. The van der Waals surface area contributed by atoms with Crippen molar-refractivity contribution in [2.24, 2.45) is 11.3 Å². The fourth-order valence-corrected chi connectivity index (χ4v) is 6.71. The molecule has 2 fully saturated rings. The summed E-state index contributed by atoms with van der Waals surface area (Å²) in [5.41, 5.74) is 2.28. The number of amides is 3. The van der Waals surface area contributed by atoms with Crippen LogP contribution in [0.25, 0.3) is 11.0 Å². The molecule has 236 valence electrons. The van der Waals surface area contributed by atoms with E-state index in [2.05, 4.69) is 27.9 Å². The second kappa shape index (κ2) is 12.9. The molecule has 2 heterocycles. The third kappa shape index (κ3) is 6.22. The quantitative estimate of drug-likeness (QED) is 0.218. The highest BCUT2D eigenvalue weighted by Crippen LogP contribution is 2.60. The van der Waals surface area contributed by atoms with Gasteiger partial charge in [-0.05, 0) is 66.8 Å². The number of ether oxygens (including phenoxy) is 1. The Kier molecular flexibility index (Phi) is 9.37. The van der Waals surface area contributed by atoms with Crippen molar-refractivity contribution in [3.63, 3.8) is 0 Å². The molecule has 2 aliphatic rings. The molecule has 10 heteroatoms. The zero-order chi connectivity index (χ0) is 31.6. The Hall–Kier alpha value is -3.43. The number of aromatic amines is 1. The first-order chi connectivity index (χ1) is 21.0. The first kappa shape index (κ1) is 32.0. The zero-order valence-corrected chi connectivity index (χ0v) is 27.0. The van der Waals surface area contributed by atoms with Gasteiger partial charge in [0, 0.05) is 30.5 Å². The van der Waals surface area contributed by atoms with E-state index >= 15 is 0 Å². The van der Waals surface area contributed by atoms with E-state index in [-0.39, 0.29) is 41.6 Å². The molecule has 3 amide bonds. The Morgan fingerprint density at radius 2 is 1.82 bits per heavy atom. The maximum Gasteiger partial charge on any atom is 0.242 e. The molecule has 0 spiro atoms. The summed E-state index contributed by atoms with van der Waals surface area (Å²) < 4.78 is 5.79. The summed E-state index contributed by atoms with van der Waals surface area (Å²) in [7, 11) is 0. The molecule has 5 rings (SSSR count). The summed E-state index contributed by atoms with van der Waals surface area (Å²) in [6, 6.07) is 12.5. The second-order valence-electron chi connectivity index (χ2n) is 12.9. The number of aromatic nitrogens is 2. The molecule has 1 aliphatic heterocycles. The number of halogens is 1. The number of carbonyl (C=O) groups is 3. The predicted molar refractivity (Wildman–Crippen MR) is 171 cm³/mol. The molecule has 9 nitrogen and oxygen atoms in total. The second-order valence-corrected chi connectivity index (χ2v) is 13.3. The monoisotopic (exact) mass is 621 g/mol. The summed E-state index contributed by atoms with van der Waals surface area (Å²) in [6.07, 6.45) is 2.89. The number of nitrogens with one attached hydrogen (secondary N) is 4. The van der Waals surface area contributed by atoms with E-state index in [0.717, 1.165) is 35.0 Å². The number of imidazole rings is 1. The van der Waals surface area contributed by atoms with Crippen molar-refractivity contribution in [3.05, 3.63) is 64.4 Å². The van der Waals surface area contributed by atoms with Gasteiger partial charge in [-0.1, -0.05) is 63.6 Å². The van der Waals surface area contributed by atoms with Crippen molar-refractivity contribution in [3.8, 4) is 0 Å². The zero-order valence-electron chi connectivity index (χ0n) is 26.3. The highest BCUT2D eigenvalue weighted by atomic mass is 35.5. The van der Waals surface area contributed by atoms with Crippen LogP contribution < -0.4 is 16.0 Å². The highest BCUT2D eigenvalue weighted by Gasteiger charge is 2.51. The van der Waals surface area contributed by atoms with Gasteiger partial charge in [0.25, 0.3) is 0 Å². The number of likely N-dealkylation sites (N-methyl/N-ethyl adjacent to an activating group) is 1. The van der Waals surface area contributed by atoms with Crippen molar-refractivity contribution in [2.75, 3.05) is 19.8 Å². The van der Waals surface area contributed by atoms with Gasteiger partial charge in [-0.15, -0.1) is 0 Å². The van der Waals surface area contributed by atoms with Gasteiger partial charge in [-0.25, -0.2) is 4.98 Å². The number of benzene rings is 2. The number of hydrogen-bond acceptors (Lipinski definition) is 5. The molecule has 3 aromatic rings. The lowest BCUT2D eigenvalue weighted by Gasteiger charge is -2.32. The van der Waals surface area contributed by atoms with E-state index in [1.807, 2.05) is 70.2 Å². The van der Waals surface area contributed by atoms with Gasteiger partial charge in [0.05, 0.1) is 29.1 Å². The van der Waals surface area contributed by atoms with Crippen molar-refractivity contribution >= 4 is 40.4 Å². The lowest BCUT2D eigenvalue weighted by molar-refractivity contribution is -0.133. The number of nitrogens with zero attached hydrogens (tertiary/aromatic N) is 1. The third-order valence-electron chi connectivity index (χ3n) is 9.39. The molecule has 1 aliphatic carbocycles. The van der Waals surface area contributed by atoms with Gasteiger partial charge >= 0.3 is 0 Å². The maximum atomic E-state index is 13.9. The Labute approximate surface area is 264 Å². The largest absolute Gasteiger partial charge is 0.380 e. The summed E-state index contributed by atoms with van der Waals surface area (Å²) in [6.45, 7) is 10.9. The van der Waals surface area contributed by atoms with Crippen LogP contribution in [0.15, 0.2) is 42.5 Å². The normalized spacial score (nSPS) is 21.1. The summed E-state index contributed by atoms with van der Waals surface area (Å²) >= 11 is 6.75. The van der Waals surface area contributed by atoms with Gasteiger partial charge in [-0.2, -0.15) is 0 Å². The average Bonchev–Trinajstić information content (AvgIpc) is 3.36. The fourth-order valence-electron chi connectivity index (χ4n) is 6.45. The standard InChI is InChI=1S/C34H44ClN5O4/c1-6-26(41)39-29(27(33(5)14-15-33)22-10-8-9-11-23(22)35)30-37-24-13-12-21(18-25(24)38-30)34(16-17-44-19-34)32(43)40-28(20(3)4)31(42)36-7-2/h8-13,18,20,27-29H,6-7,14-17,19H2,1-5H3,(H,36,42)(H,37,38)(H,39,41)(H,40,43)/t27-,28+,29-,34?/m0/s1. The topological polar surface area (TPSA) is 125 Å². The Morgan fingerprint density at radius 3 is 2.43 bits per heavy atom. The van der Waals surface area contributed by atoms with E-state index in [9.17, 15) is 14.4 Å². The van der Waals surface area contributed by atoms with E-state index in [4.69, 9.17) is 21.3 Å². The molecule has 44 heavy (non-hydrogen) atoms. The highest BCUT2D eigenvalue weighted by molar-refractivity contribution is 6.31. The summed E-state index contributed by atoms with van der Waals surface area (Å²) in [4.78, 5) is 48.0. The van der Waals surface area contributed by atoms with Crippen LogP contribution in [0, 0.1) is 11.3 Å². The first-order valence-electron chi connectivity index (χ1n) is 15.7. The van der Waals surface area contributed by atoms with Crippen molar-refractivity contribution in [1.82, 2.24) is 25.9 Å². The molecule has 0 bridgehead atoms. The maximum absolute atomic E-state index is 13.9. The number of H-pyrrole nitrogens is 1. The molecule has 1 saturated heterocycles. The molecule has 1 aromatic heterocycles.